The molecule has 2 N–H and O–H groups in total. The van der Waals surface area contributed by atoms with E-state index in [0.717, 1.165) is 51.5 Å². The van der Waals surface area contributed by atoms with Gasteiger partial charge in [-0.05, 0) is 11.5 Å². The number of phenols is 1. The second-order valence-electron chi connectivity index (χ2n) is 9.17. The predicted octanol–water partition coefficient (Wildman–Crippen LogP) is 2.06. The lowest BCUT2D eigenvalue weighted by atomic mass is 9.85. The van der Waals surface area contributed by atoms with Crippen molar-refractivity contribution in [3.8, 4) is 11.5 Å². The van der Waals surface area contributed by atoms with Gasteiger partial charge >= 0.3 is 0 Å². The van der Waals surface area contributed by atoms with Crippen LogP contribution in [0.4, 0.5) is 5.69 Å². The molecule has 0 atom stereocenters. The standard InChI is InChI=1S/C23H37N3O5/c1-23(2,3)19-16-18(31-15-10-26-8-13-30-14-9-26)17-20(22(19)28)24-21(27)4-5-25-6-11-29-12-7-25/h16-17,28H,4-15H2,1-3H3,(H,24,27). The number of nitrogens with one attached hydrogen (secondary N) is 1. The van der Waals surface area contributed by atoms with Crippen LogP contribution in [-0.2, 0) is 19.7 Å². The second kappa shape index (κ2) is 11.1. The predicted molar refractivity (Wildman–Crippen MR) is 120 cm³/mol. The topological polar surface area (TPSA) is 83.5 Å². The minimum atomic E-state index is -0.291. The van der Waals surface area contributed by atoms with Crippen LogP contribution in [-0.4, -0.2) is 93.1 Å². The third-order valence-electron chi connectivity index (χ3n) is 5.70. The van der Waals surface area contributed by atoms with E-state index in [1.807, 2.05) is 26.8 Å². The van der Waals surface area contributed by atoms with Crippen LogP contribution in [0.3, 0.4) is 0 Å². The lowest BCUT2D eigenvalue weighted by molar-refractivity contribution is -0.116. The van der Waals surface area contributed by atoms with E-state index in [0.29, 0.717) is 44.2 Å². The molecule has 0 unspecified atom stereocenters. The van der Waals surface area contributed by atoms with Crippen molar-refractivity contribution in [1.29, 1.82) is 0 Å². The molecule has 0 aliphatic carbocycles. The molecule has 0 spiro atoms. The van der Waals surface area contributed by atoms with Gasteiger partial charge in [0.1, 0.15) is 18.1 Å². The number of carbonyl (C=O) groups is 1. The van der Waals surface area contributed by atoms with Crippen molar-refractivity contribution in [2.45, 2.75) is 32.6 Å². The molecule has 0 saturated carbocycles. The summed E-state index contributed by atoms with van der Waals surface area (Å²) < 4.78 is 16.7. The molecule has 8 heteroatoms. The number of benzene rings is 1. The van der Waals surface area contributed by atoms with Crippen LogP contribution in [0.15, 0.2) is 12.1 Å². The van der Waals surface area contributed by atoms with Crippen molar-refractivity contribution in [3.63, 3.8) is 0 Å². The largest absolute Gasteiger partial charge is 0.505 e. The Balaban J connectivity index is 1.62. The number of carbonyl (C=O) groups excluding carboxylic acids is 1. The van der Waals surface area contributed by atoms with E-state index in [1.165, 1.54) is 0 Å². The number of rotatable bonds is 8. The van der Waals surface area contributed by atoms with Crippen molar-refractivity contribution in [2.75, 3.05) is 77.6 Å². The Morgan fingerprint density at radius 2 is 1.61 bits per heavy atom. The molecule has 2 saturated heterocycles. The Bertz CT molecular complexity index is 723. The number of hydrogen-bond donors (Lipinski definition) is 2. The third kappa shape index (κ3) is 7.35. The molecule has 1 aromatic rings. The summed E-state index contributed by atoms with van der Waals surface area (Å²) in [7, 11) is 0. The van der Waals surface area contributed by atoms with Crippen LogP contribution in [0.1, 0.15) is 32.8 Å². The normalized spacial score (nSPS) is 18.7. The number of hydrogen-bond acceptors (Lipinski definition) is 7. The van der Waals surface area contributed by atoms with Gasteiger partial charge in [-0.1, -0.05) is 20.8 Å². The summed E-state index contributed by atoms with van der Waals surface area (Å²) in [5, 5.41) is 13.7. The van der Waals surface area contributed by atoms with E-state index < -0.39 is 0 Å². The maximum atomic E-state index is 12.6. The number of morpholine rings is 2. The molecule has 2 heterocycles. The monoisotopic (exact) mass is 435 g/mol. The Morgan fingerprint density at radius 3 is 2.19 bits per heavy atom. The zero-order valence-corrected chi connectivity index (χ0v) is 19.1. The van der Waals surface area contributed by atoms with E-state index in [2.05, 4.69) is 15.1 Å². The van der Waals surface area contributed by atoms with Gasteiger partial charge in [0.2, 0.25) is 5.91 Å². The van der Waals surface area contributed by atoms with Crippen molar-refractivity contribution >= 4 is 11.6 Å². The van der Waals surface area contributed by atoms with Crippen LogP contribution in [0, 0.1) is 0 Å². The molecular formula is C23H37N3O5. The van der Waals surface area contributed by atoms with Gasteiger partial charge in [-0.2, -0.15) is 0 Å². The summed E-state index contributed by atoms with van der Waals surface area (Å²) in [6.07, 6.45) is 0.367. The molecule has 2 aliphatic rings. The molecule has 0 bridgehead atoms. The molecule has 8 nitrogen and oxygen atoms in total. The van der Waals surface area contributed by atoms with Crippen LogP contribution in [0.5, 0.6) is 11.5 Å². The quantitative estimate of drug-likeness (QED) is 0.605. The number of phenolic OH excluding ortho intramolecular Hbond substituents is 1. The van der Waals surface area contributed by atoms with Gasteiger partial charge in [0.25, 0.3) is 0 Å². The number of ether oxygens (including phenoxy) is 3. The highest BCUT2D eigenvalue weighted by Crippen LogP contribution is 2.39. The smallest absolute Gasteiger partial charge is 0.225 e. The Labute approximate surface area is 185 Å². The maximum absolute atomic E-state index is 12.6. The highest BCUT2D eigenvalue weighted by atomic mass is 16.5. The Kier molecular flexibility index (Phi) is 8.54. The molecule has 174 valence electrons. The lowest BCUT2D eigenvalue weighted by Gasteiger charge is -2.27. The molecule has 2 aliphatic heterocycles. The zero-order valence-electron chi connectivity index (χ0n) is 19.1. The average Bonchev–Trinajstić information content (AvgIpc) is 2.75. The zero-order chi connectivity index (χ0) is 22.3. The van der Waals surface area contributed by atoms with Gasteiger partial charge in [0, 0.05) is 57.3 Å². The number of anilines is 1. The SMILES string of the molecule is CC(C)(C)c1cc(OCCN2CCOCC2)cc(NC(=O)CCN2CCOCC2)c1O. The first-order valence-corrected chi connectivity index (χ1v) is 11.2. The van der Waals surface area contributed by atoms with E-state index in [4.69, 9.17) is 14.2 Å². The minimum Gasteiger partial charge on any atom is -0.505 e. The van der Waals surface area contributed by atoms with Gasteiger partial charge in [-0.15, -0.1) is 0 Å². The summed E-state index contributed by atoms with van der Waals surface area (Å²) in [6.45, 7) is 14.6. The van der Waals surface area contributed by atoms with E-state index >= 15 is 0 Å². The summed E-state index contributed by atoms with van der Waals surface area (Å²) >= 11 is 0. The maximum Gasteiger partial charge on any atom is 0.225 e. The Morgan fingerprint density at radius 1 is 1.03 bits per heavy atom. The van der Waals surface area contributed by atoms with Crippen LogP contribution < -0.4 is 10.1 Å². The molecule has 1 amide bonds. The first-order valence-electron chi connectivity index (χ1n) is 11.2. The van der Waals surface area contributed by atoms with Gasteiger partial charge < -0.3 is 24.6 Å². The first kappa shape index (κ1) is 23.8. The highest BCUT2D eigenvalue weighted by molar-refractivity contribution is 5.93. The fourth-order valence-corrected chi connectivity index (χ4v) is 3.77. The van der Waals surface area contributed by atoms with E-state index in [9.17, 15) is 9.90 Å². The average molecular weight is 436 g/mol. The van der Waals surface area contributed by atoms with Crippen molar-refractivity contribution in [3.05, 3.63) is 17.7 Å². The van der Waals surface area contributed by atoms with Crippen molar-refractivity contribution in [1.82, 2.24) is 9.80 Å². The molecule has 0 aromatic heterocycles. The van der Waals surface area contributed by atoms with Gasteiger partial charge in [0.05, 0.1) is 32.1 Å². The summed E-state index contributed by atoms with van der Waals surface area (Å²) in [5.74, 6) is 0.638. The van der Waals surface area contributed by atoms with Crippen molar-refractivity contribution < 1.29 is 24.1 Å². The van der Waals surface area contributed by atoms with Gasteiger partial charge in [0.15, 0.2) is 0 Å². The van der Waals surface area contributed by atoms with Gasteiger partial charge in [-0.3, -0.25) is 14.6 Å². The minimum absolute atomic E-state index is 0.104. The fraction of sp³-hybridized carbons (Fsp3) is 0.696. The third-order valence-corrected chi connectivity index (χ3v) is 5.70. The van der Waals surface area contributed by atoms with Crippen LogP contribution >= 0.6 is 0 Å². The summed E-state index contributed by atoms with van der Waals surface area (Å²) in [6, 6.07) is 3.59. The summed E-state index contributed by atoms with van der Waals surface area (Å²) in [5.41, 5.74) is 0.863. The summed E-state index contributed by atoms with van der Waals surface area (Å²) in [4.78, 5) is 17.1. The highest BCUT2D eigenvalue weighted by Gasteiger charge is 2.23. The molecule has 3 rings (SSSR count). The Hall–Kier alpha value is -1.87. The molecule has 31 heavy (non-hydrogen) atoms. The van der Waals surface area contributed by atoms with Crippen LogP contribution in [0.2, 0.25) is 0 Å². The number of amides is 1. The molecule has 0 radical (unpaired) electrons. The number of nitrogens with zero attached hydrogens (tertiary/aromatic N) is 2. The first-order chi connectivity index (χ1) is 14.8. The van der Waals surface area contributed by atoms with Crippen LogP contribution in [0.25, 0.3) is 0 Å². The molecular weight excluding hydrogens is 398 g/mol. The van der Waals surface area contributed by atoms with E-state index in [-0.39, 0.29) is 17.1 Å². The lowest BCUT2D eigenvalue weighted by Crippen LogP contribution is -2.38. The molecule has 1 aromatic carbocycles. The molecule has 2 fully saturated rings. The van der Waals surface area contributed by atoms with Gasteiger partial charge in [-0.25, -0.2) is 0 Å². The second-order valence-corrected chi connectivity index (χ2v) is 9.17. The van der Waals surface area contributed by atoms with E-state index in [1.54, 1.807) is 6.07 Å². The fourth-order valence-electron chi connectivity index (χ4n) is 3.77. The van der Waals surface area contributed by atoms with Crippen molar-refractivity contribution in [2.24, 2.45) is 0 Å². The number of aromatic hydroxyl groups is 1.